The first-order valence-corrected chi connectivity index (χ1v) is 10.1. The standard InChI is InChI=1S/C20H18ClN5O2S/c1-26-9-8-22-18(26)17(13-4-6-14(21)7-5-13)25-20(27)23-11-15-12-28-19(24-15)16-3-2-10-29-16/h2-10,12,17H,11H2,1H3,(H2,23,25,27)/t17-/m1/s1. The number of hydrogen-bond acceptors (Lipinski definition) is 5. The number of imidazole rings is 1. The number of oxazole rings is 1. The van der Waals surface area contributed by atoms with Gasteiger partial charge in [0.25, 0.3) is 0 Å². The molecule has 1 aromatic carbocycles. The van der Waals surface area contributed by atoms with Crippen molar-refractivity contribution in [2.75, 3.05) is 0 Å². The summed E-state index contributed by atoms with van der Waals surface area (Å²) in [4.78, 5) is 22.3. The van der Waals surface area contributed by atoms with Crippen LogP contribution in [0, 0.1) is 0 Å². The molecule has 29 heavy (non-hydrogen) atoms. The highest BCUT2D eigenvalue weighted by Gasteiger charge is 2.21. The van der Waals surface area contributed by atoms with Crippen LogP contribution in [0.5, 0.6) is 0 Å². The summed E-state index contributed by atoms with van der Waals surface area (Å²) >= 11 is 7.55. The van der Waals surface area contributed by atoms with Gasteiger partial charge in [-0.3, -0.25) is 0 Å². The molecule has 4 aromatic rings. The Hall–Kier alpha value is -3.10. The maximum absolute atomic E-state index is 12.6. The Balaban J connectivity index is 1.44. The Kier molecular flexibility index (Phi) is 5.64. The molecule has 3 aromatic heterocycles. The van der Waals surface area contributed by atoms with E-state index in [-0.39, 0.29) is 12.6 Å². The molecule has 2 amide bonds. The van der Waals surface area contributed by atoms with E-state index >= 15 is 0 Å². The fourth-order valence-electron chi connectivity index (χ4n) is 2.86. The van der Waals surface area contributed by atoms with Crippen LogP contribution in [0.2, 0.25) is 5.02 Å². The van der Waals surface area contributed by atoms with Gasteiger partial charge in [-0.15, -0.1) is 11.3 Å². The summed E-state index contributed by atoms with van der Waals surface area (Å²) < 4.78 is 7.34. The van der Waals surface area contributed by atoms with Gasteiger partial charge in [0.05, 0.1) is 17.1 Å². The molecule has 0 aliphatic heterocycles. The van der Waals surface area contributed by atoms with Gasteiger partial charge in [-0.2, -0.15) is 0 Å². The molecule has 1 atom stereocenters. The van der Waals surface area contributed by atoms with Crippen molar-refractivity contribution >= 4 is 29.0 Å². The molecule has 3 heterocycles. The lowest BCUT2D eigenvalue weighted by atomic mass is 10.1. The molecule has 0 fully saturated rings. The summed E-state index contributed by atoms with van der Waals surface area (Å²) in [6.07, 6.45) is 5.07. The third kappa shape index (κ3) is 4.49. The lowest BCUT2D eigenvalue weighted by molar-refractivity contribution is 0.237. The molecule has 0 spiro atoms. The Labute approximate surface area is 176 Å². The predicted octanol–water partition coefficient (Wildman–Crippen LogP) is 4.38. The van der Waals surface area contributed by atoms with Gasteiger partial charge >= 0.3 is 6.03 Å². The molecule has 0 aliphatic rings. The number of amides is 2. The van der Waals surface area contributed by atoms with Crippen molar-refractivity contribution in [3.8, 4) is 10.8 Å². The maximum Gasteiger partial charge on any atom is 0.315 e. The van der Waals surface area contributed by atoms with Crippen LogP contribution < -0.4 is 10.6 Å². The van der Waals surface area contributed by atoms with Crippen LogP contribution in [0.25, 0.3) is 10.8 Å². The van der Waals surface area contributed by atoms with E-state index in [1.54, 1.807) is 35.9 Å². The zero-order valence-corrected chi connectivity index (χ0v) is 17.1. The SMILES string of the molecule is Cn1ccnc1[C@H](NC(=O)NCc1coc(-c2cccs2)n1)c1ccc(Cl)cc1. The van der Waals surface area contributed by atoms with Gasteiger partial charge in [-0.25, -0.2) is 14.8 Å². The van der Waals surface area contributed by atoms with E-state index in [1.807, 2.05) is 47.5 Å². The second kappa shape index (κ2) is 8.50. The van der Waals surface area contributed by atoms with E-state index in [2.05, 4.69) is 20.6 Å². The third-order valence-electron chi connectivity index (χ3n) is 4.31. The van der Waals surface area contributed by atoms with E-state index in [0.29, 0.717) is 22.4 Å². The van der Waals surface area contributed by atoms with Gasteiger partial charge in [-0.1, -0.05) is 29.8 Å². The van der Waals surface area contributed by atoms with Crippen molar-refractivity contribution < 1.29 is 9.21 Å². The van der Waals surface area contributed by atoms with Crippen LogP contribution in [0.15, 0.2) is 64.9 Å². The zero-order chi connectivity index (χ0) is 20.2. The number of benzene rings is 1. The fraction of sp³-hybridized carbons (Fsp3) is 0.150. The van der Waals surface area contributed by atoms with Crippen molar-refractivity contribution in [1.82, 2.24) is 25.2 Å². The highest BCUT2D eigenvalue weighted by Crippen LogP contribution is 2.24. The van der Waals surface area contributed by atoms with Gasteiger partial charge in [0.15, 0.2) is 0 Å². The van der Waals surface area contributed by atoms with Crippen LogP contribution in [-0.2, 0) is 13.6 Å². The number of nitrogens with one attached hydrogen (secondary N) is 2. The number of nitrogens with zero attached hydrogens (tertiary/aromatic N) is 3. The number of aromatic nitrogens is 3. The number of halogens is 1. The molecule has 0 saturated heterocycles. The highest BCUT2D eigenvalue weighted by molar-refractivity contribution is 7.13. The Bertz CT molecular complexity index is 1090. The number of carbonyl (C=O) groups excluding carboxylic acids is 1. The molecular weight excluding hydrogens is 410 g/mol. The number of thiophene rings is 1. The smallest absolute Gasteiger partial charge is 0.315 e. The summed E-state index contributed by atoms with van der Waals surface area (Å²) in [6.45, 7) is 0.245. The van der Waals surface area contributed by atoms with E-state index in [1.165, 1.54) is 0 Å². The number of aryl methyl sites for hydroxylation is 1. The maximum atomic E-state index is 12.6. The second-order valence-electron chi connectivity index (χ2n) is 6.33. The van der Waals surface area contributed by atoms with Gasteiger partial charge in [0.1, 0.15) is 18.1 Å². The minimum atomic E-state index is -0.425. The van der Waals surface area contributed by atoms with Crippen molar-refractivity contribution in [3.05, 3.63) is 82.5 Å². The van der Waals surface area contributed by atoms with Crippen molar-refractivity contribution in [1.29, 1.82) is 0 Å². The summed E-state index contributed by atoms with van der Waals surface area (Å²) in [6, 6.07) is 10.4. The molecule has 7 nitrogen and oxygen atoms in total. The first-order chi connectivity index (χ1) is 14.1. The molecule has 0 unspecified atom stereocenters. The fourth-order valence-corrected chi connectivity index (χ4v) is 3.64. The molecule has 0 aliphatic carbocycles. The van der Waals surface area contributed by atoms with Gasteiger partial charge in [0.2, 0.25) is 5.89 Å². The second-order valence-corrected chi connectivity index (χ2v) is 7.71. The number of carbonyl (C=O) groups is 1. The summed E-state index contributed by atoms with van der Waals surface area (Å²) in [5.74, 6) is 1.26. The van der Waals surface area contributed by atoms with Gasteiger partial charge < -0.3 is 19.6 Å². The van der Waals surface area contributed by atoms with E-state index in [9.17, 15) is 4.79 Å². The topological polar surface area (TPSA) is 85.0 Å². The molecule has 148 valence electrons. The predicted molar refractivity (Wildman–Crippen MR) is 112 cm³/mol. The van der Waals surface area contributed by atoms with Crippen LogP contribution >= 0.6 is 22.9 Å². The average Bonchev–Trinajstić information content (AvgIpc) is 3.47. The first-order valence-electron chi connectivity index (χ1n) is 8.85. The lowest BCUT2D eigenvalue weighted by Gasteiger charge is -2.19. The number of hydrogen-bond donors (Lipinski definition) is 2. The van der Waals surface area contributed by atoms with Crippen molar-refractivity contribution in [3.63, 3.8) is 0 Å². The molecule has 2 N–H and O–H groups in total. The highest BCUT2D eigenvalue weighted by atomic mass is 35.5. The van der Waals surface area contributed by atoms with Gasteiger partial charge in [-0.05, 0) is 29.1 Å². The largest absolute Gasteiger partial charge is 0.443 e. The van der Waals surface area contributed by atoms with E-state index in [0.717, 1.165) is 10.4 Å². The molecule has 9 heteroatoms. The Morgan fingerprint density at radius 1 is 1.31 bits per heavy atom. The monoisotopic (exact) mass is 427 g/mol. The van der Waals surface area contributed by atoms with E-state index < -0.39 is 6.04 Å². The van der Waals surface area contributed by atoms with Crippen molar-refractivity contribution in [2.45, 2.75) is 12.6 Å². The summed E-state index contributed by atoms with van der Waals surface area (Å²) in [5.41, 5.74) is 1.52. The molecule has 4 rings (SSSR count). The summed E-state index contributed by atoms with van der Waals surface area (Å²) in [5, 5.41) is 8.37. The average molecular weight is 428 g/mol. The Morgan fingerprint density at radius 2 is 2.14 bits per heavy atom. The van der Waals surface area contributed by atoms with Crippen LogP contribution in [0.4, 0.5) is 4.79 Å². The molecule has 0 bridgehead atoms. The minimum absolute atomic E-state index is 0.245. The third-order valence-corrected chi connectivity index (χ3v) is 5.42. The number of rotatable bonds is 6. The lowest BCUT2D eigenvalue weighted by Crippen LogP contribution is -2.39. The van der Waals surface area contributed by atoms with E-state index in [4.69, 9.17) is 16.0 Å². The Morgan fingerprint density at radius 3 is 2.83 bits per heavy atom. The number of urea groups is 1. The van der Waals surface area contributed by atoms with Crippen LogP contribution in [0.1, 0.15) is 23.1 Å². The summed E-state index contributed by atoms with van der Waals surface area (Å²) in [7, 11) is 1.88. The van der Waals surface area contributed by atoms with Gasteiger partial charge in [0, 0.05) is 24.5 Å². The minimum Gasteiger partial charge on any atom is -0.443 e. The molecule has 0 radical (unpaired) electrons. The zero-order valence-electron chi connectivity index (χ0n) is 15.5. The van der Waals surface area contributed by atoms with Crippen molar-refractivity contribution in [2.24, 2.45) is 7.05 Å². The molecule has 0 saturated carbocycles. The first kappa shape index (κ1) is 19.2. The normalized spacial score (nSPS) is 11.9. The molecular formula is C20H18ClN5O2S. The quantitative estimate of drug-likeness (QED) is 0.478. The van der Waals surface area contributed by atoms with Crippen LogP contribution in [-0.4, -0.2) is 20.6 Å². The van der Waals surface area contributed by atoms with Crippen LogP contribution in [0.3, 0.4) is 0 Å².